The van der Waals surface area contributed by atoms with Crippen molar-refractivity contribution in [2.45, 2.75) is 84.0 Å². The van der Waals surface area contributed by atoms with Gasteiger partial charge in [-0.25, -0.2) is 5.43 Å². The van der Waals surface area contributed by atoms with E-state index in [9.17, 15) is 9.59 Å². The van der Waals surface area contributed by atoms with Crippen molar-refractivity contribution in [1.82, 2.24) is 5.43 Å². The van der Waals surface area contributed by atoms with Gasteiger partial charge in [0.15, 0.2) is 0 Å². The van der Waals surface area contributed by atoms with E-state index >= 15 is 0 Å². The number of rotatable bonds is 14. The van der Waals surface area contributed by atoms with Gasteiger partial charge in [0.05, 0.1) is 17.2 Å². The molecule has 2 rings (SSSR count). The van der Waals surface area contributed by atoms with Crippen LogP contribution in [0.1, 0.15) is 89.5 Å². The Kier molecular flexibility index (Phi) is 10.8. The van der Waals surface area contributed by atoms with E-state index in [1.165, 1.54) is 70.3 Å². The third-order valence-electron chi connectivity index (χ3n) is 5.11. The first kappa shape index (κ1) is 22.9. The van der Waals surface area contributed by atoms with Gasteiger partial charge in [-0.3, -0.25) is 9.59 Å². The van der Waals surface area contributed by atoms with Gasteiger partial charge in [-0.05, 0) is 18.6 Å². The number of carbonyl (C=O) groups is 1. The molecule has 29 heavy (non-hydrogen) atoms. The number of nitrogens with one attached hydrogen (secondary N) is 1. The molecule has 0 unspecified atom stereocenters. The molecular formula is C24H34N2O3. The summed E-state index contributed by atoms with van der Waals surface area (Å²) in [7, 11) is 0. The molecule has 0 radical (unpaired) electrons. The predicted molar refractivity (Wildman–Crippen MR) is 119 cm³/mol. The molecule has 0 atom stereocenters. The molecule has 5 nitrogen and oxygen atoms in total. The molecule has 0 saturated heterocycles. The summed E-state index contributed by atoms with van der Waals surface area (Å²) in [4.78, 5) is 24.2. The lowest BCUT2D eigenvalue weighted by Gasteiger charge is -2.02. The summed E-state index contributed by atoms with van der Waals surface area (Å²) in [5.74, 6) is -0.123. The number of nitrogens with zero attached hydrogens (tertiary/aromatic N) is 1. The van der Waals surface area contributed by atoms with Crippen molar-refractivity contribution in [2.24, 2.45) is 5.10 Å². The summed E-state index contributed by atoms with van der Waals surface area (Å²) in [5.41, 5.74) is 3.19. The van der Waals surface area contributed by atoms with Crippen molar-refractivity contribution < 1.29 is 9.21 Å². The summed E-state index contributed by atoms with van der Waals surface area (Å²) >= 11 is 0. The second kappa shape index (κ2) is 13.7. The number of fused-ring (bicyclic) bond motifs is 1. The third kappa shape index (κ3) is 8.63. The van der Waals surface area contributed by atoms with E-state index in [-0.39, 0.29) is 11.3 Å². The largest absolute Gasteiger partial charge is 0.463 e. The molecular weight excluding hydrogens is 364 g/mol. The van der Waals surface area contributed by atoms with Crippen LogP contribution in [0.15, 0.2) is 44.8 Å². The lowest BCUT2D eigenvalue weighted by atomic mass is 10.1. The minimum Gasteiger partial charge on any atom is -0.463 e. The highest BCUT2D eigenvalue weighted by Crippen LogP contribution is 2.12. The second-order valence-corrected chi connectivity index (χ2v) is 7.60. The van der Waals surface area contributed by atoms with E-state index in [1.807, 2.05) is 6.07 Å². The summed E-state index contributed by atoms with van der Waals surface area (Å²) < 4.78 is 5.42. The minimum atomic E-state index is -0.157. The number of hydrogen-bond donors (Lipinski definition) is 1. The standard InChI is InChI=1S/C24H34N2O3/c1-2-3-4-5-6-7-8-9-10-11-12-17-23(27)26-25-18-20-19-29-22-16-14-13-15-21(22)24(20)28/h13-16,18-19H,2-12,17H2,1H3,(H,26,27)/b25-18-. The summed E-state index contributed by atoms with van der Waals surface area (Å²) in [6.07, 6.45) is 17.0. The Balaban J connectivity index is 1.56. The van der Waals surface area contributed by atoms with Gasteiger partial charge < -0.3 is 4.42 Å². The number of hydrogen-bond acceptors (Lipinski definition) is 4. The number of benzene rings is 1. The second-order valence-electron chi connectivity index (χ2n) is 7.60. The van der Waals surface area contributed by atoms with Crippen molar-refractivity contribution in [2.75, 3.05) is 0 Å². The van der Waals surface area contributed by atoms with Crippen LogP contribution in [0.5, 0.6) is 0 Å². The number of unbranched alkanes of at least 4 members (excludes halogenated alkanes) is 10. The molecule has 2 aromatic rings. The fourth-order valence-corrected chi connectivity index (χ4v) is 3.36. The van der Waals surface area contributed by atoms with Gasteiger partial charge >= 0.3 is 0 Å². The number of hydrazone groups is 1. The lowest BCUT2D eigenvalue weighted by Crippen LogP contribution is -2.18. The van der Waals surface area contributed by atoms with E-state index in [0.717, 1.165) is 12.8 Å². The van der Waals surface area contributed by atoms with Crippen molar-refractivity contribution in [3.05, 3.63) is 46.3 Å². The Morgan fingerprint density at radius 3 is 2.28 bits per heavy atom. The van der Waals surface area contributed by atoms with Gasteiger partial charge in [-0.15, -0.1) is 0 Å². The molecule has 0 saturated carbocycles. The number of carbonyl (C=O) groups excluding carboxylic acids is 1. The van der Waals surface area contributed by atoms with E-state index in [1.54, 1.807) is 18.2 Å². The van der Waals surface area contributed by atoms with Gasteiger partial charge in [0.2, 0.25) is 11.3 Å². The zero-order valence-electron chi connectivity index (χ0n) is 17.6. The fourth-order valence-electron chi connectivity index (χ4n) is 3.36. The molecule has 1 aromatic heterocycles. The molecule has 1 heterocycles. The molecule has 5 heteroatoms. The monoisotopic (exact) mass is 398 g/mol. The highest BCUT2D eigenvalue weighted by atomic mass is 16.3. The molecule has 1 aromatic carbocycles. The highest BCUT2D eigenvalue weighted by Gasteiger charge is 2.05. The molecule has 0 spiro atoms. The maximum atomic E-state index is 12.3. The third-order valence-corrected chi connectivity index (χ3v) is 5.11. The molecule has 158 valence electrons. The van der Waals surface area contributed by atoms with Crippen molar-refractivity contribution >= 4 is 23.1 Å². The van der Waals surface area contributed by atoms with Crippen molar-refractivity contribution in [1.29, 1.82) is 0 Å². The predicted octanol–water partition coefficient (Wildman–Crippen LogP) is 5.94. The Morgan fingerprint density at radius 1 is 0.966 bits per heavy atom. The average Bonchev–Trinajstić information content (AvgIpc) is 2.74. The summed E-state index contributed by atoms with van der Waals surface area (Å²) in [6.45, 7) is 2.25. The van der Waals surface area contributed by atoms with E-state index in [2.05, 4.69) is 17.5 Å². The van der Waals surface area contributed by atoms with Gasteiger partial charge in [0.1, 0.15) is 11.8 Å². The molecule has 0 fully saturated rings. The Labute approximate surface area is 173 Å². The van der Waals surface area contributed by atoms with Crippen LogP contribution in [0.2, 0.25) is 0 Å². The summed E-state index contributed by atoms with van der Waals surface area (Å²) in [6, 6.07) is 7.06. The molecule has 0 aliphatic rings. The van der Waals surface area contributed by atoms with Gasteiger partial charge in [-0.1, -0.05) is 83.3 Å². The SMILES string of the molecule is CCCCCCCCCCCCCC(=O)N/N=C\c1coc2ccccc2c1=O. The number of amides is 1. The van der Waals surface area contributed by atoms with Gasteiger partial charge in [0.25, 0.3) is 0 Å². The first-order chi connectivity index (χ1) is 14.2. The topological polar surface area (TPSA) is 71.7 Å². The first-order valence-electron chi connectivity index (χ1n) is 11.0. The van der Waals surface area contributed by atoms with Crippen LogP contribution in [-0.2, 0) is 4.79 Å². The molecule has 1 N–H and O–H groups in total. The van der Waals surface area contributed by atoms with Crippen molar-refractivity contribution in [3.8, 4) is 0 Å². The van der Waals surface area contributed by atoms with Crippen LogP contribution in [0, 0.1) is 0 Å². The lowest BCUT2D eigenvalue weighted by molar-refractivity contribution is -0.121. The van der Waals surface area contributed by atoms with Crippen LogP contribution < -0.4 is 10.9 Å². The molecule has 0 aliphatic heterocycles. The van der Waals surface area contributed by atoms with E-state index < -0.39 is 0 Å². The van der Waals surface area contributed by atoms with Gasteiger partial charge in [0, 0.05) is 6.42 Å². The fraction of sp³-hybridized carbons (Fsp3) is 0.542. The zero-order valence-corrected chi connectivity index (χ0v) is 17.6. The molecule has 1 amide bonds. The highest BCUT2D eigenvalue weighted by molar-refractivity contribution is 5.87. The minimum absolute atomic E-state index is 0.123. The van der Waals surface area contributed by atoms with E-state index in [4.69, 9.17) is 4.42 Å². The van der Waals surface area contributed by atoms with E-state index in [0.29, 0.717) is 23.0 Å². The van der Waals surface area contributed by atoms with Crippen LogP contribution in [-0.4, -0.2) is 12.1 Å². The zero-order chi connectivity index (χ0) is 20.7. The summed E-state index contributed by atoms with van der Waals surface area (Å²) in [5, 5.41) is 4.40. The average molecular weight is 399 g/mol. The van der Waals surface area contributed by atoms with Crippen LogP contribution in [0.25, 0.3) is 11.0 Å². The van der Waals surface area contributed by atoms with Crippen LogP contribution >= 0.6 is 0 Å². The maximum Gasteiger partial charge on any atom is 0.240 e. The Bertz CT molecular complexity index is 826. The maximum absolute atomic E-state index is 12.3. The smallest absolute Gasteiger partial charge is 0.240 e. The van der Waals surface area contributed by atoms with Gasteiger partial charge in [-0.2, -0.15) is 5.10 Å². The van der Waals surface area contributed by atoms with Crippen molar-refractivity contribution in [3.63, 3.8) is 0 Å². The molecule has 0 bridgehead atoms. The Hall–Kier alpha value is -2.43. The normalized spacial score (nSPS) is 11.3. The number of para-hydroxylation sites is 1. The first-order valence-corrected chi connectivity index (χ1v) is 11.0. The van der Waals surface area contributed by atoms with Crippen LogP contribution in [0.3, 0.4) is 0 Å². The Morgan fingerprint density at radius 2 is 1.59 bits per heavy atom. The van der Waals surface area contributed by atoms with Crippen LogP contribution in [0.4, 0.5) is 0 Å². The quantitative estimate of drug-likeness (QED) is 0.243. The molecule has 0 aliphatic carbocycles.